The van der Waals surface area contributed by atoms with Crippen LogP contribution < -0.4 is 4.74 Å². The molecular weight excluding hydrogens is 452 g/mol. The van der Waals surface area contributed by atoms with E-state index in [2.05, 4.69) is 17.1 Å². The molecule has 4 aromatic rings. The maximum atomic E-state index is 12.0. The van der Waals surface area contributed by atoms with Crippen molar-refractivity contribution in [3.05, 3.63) is 94.1 Å². The number of halogens is 1. The van der Waals surface area contributed by atoms with Gasteiger partial charge < -0.3 is 18.8 Å². The number of carboxylic acid groups (broad SMARTS) is 1. The maximum Gasteiger partial charge on any atom is 0.327 e. The van der Waals surface area contributed by atoms with Crippen molar-refractivity contribution >= 4 is 17.6 Å². The number of ether oxygens (including phenoxy) is 1. The van der Waals surface area contributed by atoms with Crippen molar-refractivity contribution in [3.8, 4) is 17.2 Å². The molecule has 0 aliphatic heterocycles. The minimum atomic E-state index is -0.896. The summed E-state index contributed by atoms with van der Waals surface area (Å²) in [5, 5.41) is 10.4. The van der Waals surface area contributed by atoms with Crippen molar-refractivity contribution in [1.82, 2.24) is 9.55 Å². The van der Waals surface area contributed by atoms with Gasteiger partial charge in [0.2, 0.25) is 5.89 Å². The molecule has 2 aromatic carbocycles. The minimum Gasteiger partial charge on any atom is -0.493 e. The third kappa shape index (κ3) is 5.11. The summed E-state index contributed by atoms with van der Waals surface area (Å²) in [6.45, 7) is 6.03. The third-order valence-electron chi connectivity index (χ3n) is 5.78. The molecule has 0 spiro atoms. The standard InChI is InChI=1S/C27H25ClN2O4/c1-17-15-23(28)18(2)30(17)25(27(31)32)16-20-9-11-22(12-10-20)33-14-13-24-19(3)34-26(29-24)21-7-5-4-6-8-21/h5,7-12,15,25H,13-14,16H2,1-3H3,(H,31,32)/t25-/m0/s1. The Labute approximate surface area is 203 Å². The van der Waals surface area contributed by atoms with Gasteiger partial charge in [0, 0.05) is 35.9 Å². The lowest BCUT2D eigenvalue weighted by Gasteiger charge is -2.19. The molecule has 0 radical (unpaired) electrons. The van der Waals surface area contributed by atoms with Crippen molar-refractivity contribution in [2.75, 3.05) is 6.61 Å². The van der Waals surface area contributed by atoms with Crippen molar-refractivity contribution in [1.29, 1.82) is 0 Å². The zero-order chi connectivity index (χ0) is 24.2. The summed E-state index contributed by atoms with van der Waals surface area (Å²) >= 11 is 6.20. The summed E-state index contributed by atoms with van der Waals surface area (Å²) in [5.74, 6) is 1.14. The van der Waals surface area contributed by atoms with E-state index in [1.807, 2.05) is 51.1 Å². The van der Waals surface area contributed by atoms with Crippen LogP contribution in [-0.4, -0.2) is 27.2 Å². The number of aryl methyl sites for hydroxylation is 2. The molecule has 0 saturated heterocycles. The van der Waals surface area contributed by atoms with Crippen LogP contribution in [0.2, 0.25) is 5.02 Å². The molecule has 0 amide bonds. The lowest BCUT2D eigenvalue weighted by molar-refractivity contribution is -0.141. The largest absolute Gasteiger partial charge is 0.493 e. The predicted octanol–water partition coefficient (Wildman–Crippen LogP) is 5.81. The monoisotopic (exact) mass is 476 g/mol. The Morgan fingerprint density at radius 1 is 1.21 bits per heavy atom. The summed E-state index contributed by atoms with van der Waals surface area (Å²) in [5.41, 5.74) is 4.18. The summed E-state index contributed by atoms with van der Waals surface area (Å²) in [6, 6.07) is 19.8. The Bertz CT molecular complexity index is 1280. The SMILES string of the molecule is Cc1oc(-c2cc#ccc2)nc1CCOc1ccc(C[C@@H](C(=O)O)n2c(C)cc(Cl)c2C)cc1. The van der Waals surface area contributed by atoms with Crippen molar-refractivity contribution < 1.29 is 19.1 Å². The number of hydrogen-bond donors (Lipinski definition) is 1. The molecule has 0 saturated carbocycles. The van der Waals surface area contributed by atoms with Crippen LogP contribution in [0.1, 0.15) is 34.4 Å². The number of rotatable bonds is 9. The zero-order valence-electron chi connectivity index (χ0n) is 19.3. The number of oxazole rings is 1. The molecule has 1 atom stereocenters. The Hall–Kier alpha value is -3.69. The van der Waals surface area contributed by atoms with E-state index in [1.54, 1.807) is 22.8 Å². The number of nitrogens with zero attached hydrogens (tertiary/aromatic N) is 2. The first kappa shape index (κ1) is 23.5. The van der Waals surface area contributed by atoms with Crippen LogP contribution in [0, 0.1) is 32.9 Å². The van der Waals surface area contributed by atoms with Gasteiger partial charge in [0.25, 0.3) is 0 Å². The van der Waals surface area contributed by atoms with Crippen LogP contribution in [0.25, 0.3) is 11.5 Å². The van der Waals surface area contributed by atoms with Crippen LogP contribution in [0.5, 0.6) is 5.75 Å². The number of hydrogen-bond acceptors (Lipinski definition) is 4. The molecular formula is C27H25ClN2O4. The molecule has 2 heterocycles. The fraction of sp³-hybridized carbons (Fsp3) is 0.259. The molecule has 1 N–H and O–H groups in total. The molecule has 0 unspecified atom stereocenters. The number of benzene rings is 1. The van der Waals surface area contributed by atoms with E-state index in [0.29, 0.717) is 36.1 Å². The van der Waals surface area contributed by atoms with E-state index in [0.717, 1.165) is 34.0 Å². The summed E-state index contributed by atoms with van der Waals surface area (Å²) in [4.78, 5) is 16.5. The molecule has 7 heteroatoms. The van der Waals surface area contributed by atoms with Gasteiger partial charge >= 0.3 is 5.97 Å². The third-order valence-corrected chi connectivity index (χ3v) is 6.16. The smallest absolute Gasteiger partial charge is 0.327 e. The van der Waals surface area contributed by atoms with Gasteiger partial charge in [-0.3, -0.25) is 0 Å². The molecule has 4 rings (SSSR count). The molecule has 0 bridgehead atoms. The topological polar surface area (TPSA) is 77.5 Å². The summed E-state index contributed by atoms with van der Waals surface area (Å²) in [6.07, 6.45) is 0.950. The van der Waals surface area contributed by atoms with Gasteiger partial charge in [-0.05, 0) is 56.7 Å². The lowest BCUT2D eigenvalue weighted by Crippen LogP contribution is -2.23. The van der Waals surface area contributed by atoms with Gasteiger partial charge in [0.05, 0.1) is 17.3 Å². The highest BCUT2D eigenvalue weighted by Crippen LogP contribution is 2.27. The molecule has 0 aliphatic rings. The molecule has 0 fully saturated rings. The molecule has 34 heavy (non-hydrogen) atoms. The molecule has 6 nitrogen and oxygen atoms in total. The van der Waals surface area contributed by atoms with Crippen LogP contribution in [0.15, 0.2) is 52.9 Å². The minimum absolute atomic E-state index is 0.345. The Kier molecular flexibility index (Phi) is 6.95. The highest BCUT2D eigenvalue weighted by atomic mass is 35.5. The fourth-order valence-corrected chi connectivity index (χ4v) is 4.23. The summed E-state index contributed by atoms with van der Waals surface area (Å²) < 4.78 is 13.4. The average Bonchev–Trinajstić information content (AvgIpc) is 3.31. The van der Waals surface area contributed by atoms with Crippen LogP contribution in [0.4, 0.5) is 0 Å². The maximum absolute atomic E-state index is 12.0. The van der Waals surface area contributed by atoms with Gasteiger partial charge in [-0.15, -0.1) is 0 Å². The second kappa shape index (κ2) is 10.1. The lowest BCUT2D eigenvalue weighted by atomic mass is 10.1. The first-order valence-electron chi connectivity index (χ1n) is 11.0. The quantitative estimate of drug-likeness (QED) is 0.329. The zero-order valence-corrected chi connectivity index (χ0v) is 20.0. The van der Waals surface area contributed by atoms with Crippen LogP contribution in [0.3, 0.4) is 0 Å². The van der Waals surface area contributed by atoms with E-state index in [4.69, 9.17) is 20.8 Å². The fourth-order valence-electron chi connectivity index (χ4n) is 3.98. The summed E-state index contributed by atoms with van der Waals surface area (Å²) in [7, 11) is 0. The van der Waals surface area contributed by atoms with Gasteiger partial charge in [-0.1, -0.05) is 35.9 Å². The number of carbonyl (C=O) groups is 1. The van der Waals surface area contributed by atoms with Crippen LogP contribution >= 0.6 is 11.6 Å². The second-order valence-corrected chi connectivity index (χ2v) is 8.54. The van der Waals surface area contributed by atoms with E-state index in [9.17, 15) is 9.90 Å². The van der Waals surface area contributed by atoms with Gasteiger partial charge in [0.1, 0.15) is 17.6 Å². The average molecular weight is 477 g/mol. The Balaban J connectivity index is 1.37. The highest BCUT2D eigenvalue weighted by molar-refractivity contribution is 6.31. The van der Waals surface area contributed by atoms with Crippen LogP contribution in [-0.2, 0) is 17.6 Å². The Morgan fingerprint density at radius 2 is 1.97 bits per heavy atom. The molecule has 174 valence electrons. The van der Waals surface area contributed by atoms with E-state index in [1.165, 1.54) is 0 Å². The van der Waals surface area contributed by atoms with Crippen molar-refractivity contribution in [3.63, 3.8) is 0 Å². The van der Waals surface area contributed by atoms with E-state index >= 15 is 0 Å². The number of carboxylic acids is 1. The van der Waals surface area contributed by atoms with Gasteiger partial charge in [-0.25, -0.2) is 9.78 Å². The van der Waals surface area contributed by atoms with E-state index in [-0.39, 0.29) is 0 Å². The highest BCUT2D eigenvalue weighted by Gasteiger charge is 2.24. The van der Waals surface area contributed by atoms with Gasteiger partial charge in [0.15, 0.2) is 0 Å². The normalized spacial score (nSPS) is 11.8. The second-order valence-electron chi connectivity index (χ2n) is 8.13. The molecule has 0 aliphatic carbocycles. The number of aliphatic carboxylic acids is 1. The first-order valence-corrected chi connectivity index (χ1v) is 11.3. The number of aromatic nitrogens is 2. The van der Waals surface area contributed by atoms with E-state index < -0.39 is 12.0 Å². The first-order chi connectivity index (χ1) is 16.3. The Morgan fingerprint density at radius 3 is 2.59 bits per heavy atom. The molecule has 2 aromatic heterocycles. The van der Waals surface area contributed by atoms with Crippen molar-refractivity contribution in [2.24, 2.45) is 0 Å². The van der Waals surface area contributed by atoms with Crippen molar-refractivity contribution in [2.45, 2.75) is 39.7 Å². The predicted molar refractivity (Wildman–Crippen MR) is 129 cm³/mol. The van der Waals surface area contributed by atoms with Gasteiger partial charge in [-0.2, -0.15) is 0 Å².